The second-order valence-corrected chi connectivity index (χ2v) is 31.2. The Morgan fingerprint density at radius 1 is 1.05 bits per heavy atom. The highest BCUT2D eigenvalue weighted by molar-refractivity contribution is 8.07. The van der Waals surface area contributed by atoms with Crippen LogP contribution in [0.4, 0.5) is 5.95 Å². The van der Waals surface area contributed by atoms with Crippen molar-refractivity contribution < 1.29 is 59.7 Å². The fourth-order valence-electron chi connectivity index (χ4n) is 8.29. The molecule has 3 fully saturated rings. The first-order chi connectivity index (χ1) is 31.0. The highest BCUT2D eigenvalue weighted by Gasteiger charge is 2.61. The number of carbonyl (C=O) groups is 1. The number of hydrogen-bond acceptors (Lipinski definition) is 19. The molecular formula is C39H62N8O14P2SSi2. The fourth-order valence-corrected chi connectivity index (χ4v) is 21.1. The highest BCUT2D eigenvalue weighted by atomic mass is 32.5. The van der Waals surface area contributed by atoms with E-state index in [1.807, 2.05) is 61.5 Å². The molecule has 6 rings (SSSR count). The molecule has 2 bridgehead atoms. The Bertz CT molecular complexity index is 2340. The second-order valence-electron chi connectivity index (χ2n) is 18.2. The van der Waals surface area contributed by atoms with Crippen LogP contribution in [0.25, 0.3) is 11.2 Å². The molecule has 0 radical (unpaired) electrons. The number of nitriles is 1. The molecule has 3 aromatic heterocycles. The number of anilines is 1. The van der Waals surface area contributed by atoms with E-state index in [9.17, 15) is 24.5 Å². The standard InChI is InChI=1S/C39H62N8O14P2SSi2/c1-22(2)36(48)45-39-44-35-32(37(49)46-39)43-21-47(35)38-34-33(60-66(25(7)8,26(9)10)61-65(52,23(3)4)24(5)6)30(57-38)19-55-63(51,64)58-29-17-28(56-31-12-14-41-20-42-31)16-27(29)18-54-62(50,59-34)53-15-11-13-40/h12,14,20-30,33-34,38,52H,11,15-19H2,1-10H3,(H,51,64)(H2,44,45,46,48,49)/t27-,28-,29+,30-,33-,34-,38-,62?,63?/m1/s1. The highest BCUT2D eigenvalue weighted by Crippen LogP contribution is 2.58. The number of nitrogens with zero attached hydrogens (tertiary/aromatic N) is 6. The first-order valence-electron chi connectivity index (χ1n) is 22.1. The average molecular weight is 1020 g/mol. The van der Waals surface area contributed by atoms with Crippen LogP contribution in [0.1, 0.15) is 94.7 Å². The van der Waals surface area contributed by atoms with Crippen LogP contribution in [0, 0.1) is 23.2 Å². The summed E-state index contributed by atoms with van der Waals surface area (Å²) in [6, 6.07) is 3.57. The van der Waals surface area contributed by atoms with Crippen molar-refractivity contribution in [2.24, 2.45) is 11.8 Å². The number of H-pyrrole nitrogens is 1. The summed E-state index contributed by atoms with van der Waals surface area (Å²) in [5.74, 6) is -1.36. The molecule has 0 aromatic carbocycles. The predicted octanol–water partition coefficient (Wildman–Crippen LogP) is 6.25. The van der Waals surface area contributed by atoms with E-state index in [1.165, 1.54) is 23.4 Å². The molecule has 2 unspecified atom stereocenters. The Balaban J connectivity index is 1.51. The van der Waals surface area contributed by atoms with E-state index in [2.05, 4.69) is 30.2 Å². The Morgan fingerprint density at radius 3 is 2.38 bits per heavy atom. The van der Waals surface area contributed by atoms with Crippen molar-refractivity contribution in [1.29, 1.82) is 5.26 Å². The van der Waals surface area contributed by atoms with Gasteiger partial charge in [0, 0.05) is 30.5 Å². The number of phosphoric ester groups is 1. The number of fused-ring (bicyclic) bond motifs is 4. The lowest BCUT2D eigenvalue weighted by Gasteiger charge is -2.47. The fraction of sp³-hybridized carbons (Fsp3) is 0.718. The van der Waals surface area contributed by atoms with Crippen molar-refractivity contribution in [3.8, 4) is 11.9 Å². The van der Waals surface area contributed by atoms with Crippen molar-refractivity contribution in [3.05, 3.63) is 35.3 Å². The summed E-state index contributed by atoms with van der Waals surface area (Å²) in [5, 5.41) is 12.1. The summed E-state index contributed by atoms with van der Waals surface area (Å²) in [7, 11) is -12.1. The van der Waals surface area contributed by atoms with Gasteiger partial charge in [-0.3, -0.25) is 38.0 Å². The van der Waals surface area contributed by atoms with Gasteiger partial charge in [-0.05, 0) is 40.4 Å². The lowest BCUT2D eigenvalue weighted by atomic mass is 10.1. The van der Waals surface area contributed by atoms with Crippen LogP contribution in [0.2, 0.25) is 22.2 Å². The van der Waals surface area contributed by atoms with E-state index in [0.29, 0.717) is 5.88 Å². The molecule has 66 heavy (non-hydrogen) atoms. The molecule has 1 amide bonds. The number of aromatic amines is 1. The smallest absolute Gasteiger partial charge is 0.474 e. The summed E-state index contributed by atoms with van der Waals surface area (Å²) >= 11 is 5.64. The van der Waals surface area contributed by atoms with Crippen LogP contribution in [-0.4, -0.2) is 113 Å². The van der Waals surface area contributed by atoms with E-state index in [-0.39, 0.29) is 71.8 Å². The van der Waals surface area contributed by atoms with Gasteiger partial charge >= 0.3 is 31.7 Å². The van der Waals surface area contributed by atoms with Crippen molar-refractivity contribution in [2.45, 2.75) is 147 Å². The van der Waals surface area contributed by atoms with Crippen molar-refractivity contribution in [2.75, 3.05) is 25.1 Å². The number of hydrogen-bond donors (Lipinski definition) is 4. The van der Waals surface area contributed by atoms with Crippen molar-refractivity contribution >= 4 is 66.5 Å². The van der Waals surface area contributed by atoms with Gasteiger partial charge in [-0.2, -0.15) is 10.2 Å². The van der Waals surface area contributed by atoms with Crippen molar-refractivity contribution in [3.63, 3.8) is 0 Å². The molecule has 1 saturated carbocycles. The number of amides is 1. The molecular weight excluding hydrogens is 955 g/mol. The van der Waals surface area contributed by atoms with Gasteiger partial charge in [0.05, 0.1) is 44.7 Å². The summed E-state index contributed by atoms with van der Waals surface area (Å²) in [5.41, 5.74) is -2.05. The molecule has 22 nitrogen and oxygen atoms in total. The van der Waals surface area contributed by atoms with Crippen LogP contribution in [-0.2, 0) is 57.1 Å². The van der Waals surface area contributed by atoms with Crippen LogP contribution in [0.5, 0.6) is 5.88 Å². The number of nitrogens with one attached hydrogen (secondary N) is 2. The van der Waals surface area contributed by atoms with Crippen LogP contribution in [0.15, 0.2) is 29.7 Å². The normalized spacial score (nSPS) is 28.9. The molecule has 9 atom stereocenters. The molecule has 27 heteroatoms. The van der Waals surface area contributed by atoms with E-state index in [4.69, 9.17) is 52.4 Å². The minimum atomic E-state index is -4.79. The lowest BCUT2D eigenvalue weighted by Crippen LogP contribution is -2.62. The Hall–Kier alpha value is -2.90. The van der Waals surface area contributed by atoms with Crippen molar-refractivity contribution in [1.82, 2.24) is 29.5 Å². The monoisotopic (exact) mass is 1020 g/mol. The third kappa shape index (κ3) is 11.7. The van der Waals surface area contributed by atoms with Gasteiger partial charge in [0.2, 0.25) is 17.7 Å². The first kappa shape index (κ1) is 52.5. The molecule has 0 spiro atoms. The maximum Gasteiger partial charge on any atom is 0.475 e. The quantitative estimate of drug-likeness (QED) is 0.0700. The average Bonchev–Trinajstić information content (AvgIpc) is 3.93. The zero-order valence-corrected chi connectivity index (χ0v) is 43.4. The molecule has 2 saturated heterocycles. The maximum atomic E-state index is 15.3. The predicted molar refractivity (Wildman–Crippen MR) is 247 cm³/mol. The summed E-state index contributed by atoms with van der Waals surface area (Å²) in [6.45, 7) is 13.4. The van der Waals surface area contributed by atoms with E-state index >= 15 is 4.57 Å². The minimum absolute atomic E-state index is 0.0630. The van der Waals surface area contributed by atoms with Gasteiger partial charge in [0.15, 0.2) is 17.4 Å². The maximum absolute atomic E-state index is 15.3. The Labute approximate surface area is 391 Å². The first-order valence-corrected chi connectivity index (χ1v) is 30.1. The number of phosphoric acid groups is 1. The second kappa shape index (κ2) is 21.4. The summed E-state index contributed by atoms with van der Waals surface area (Å²) in [4.78, 5) is 69.9. The third-order valence-electron chi connectivity index (χ3n) is 11.9. The Kier molecular flexibility index (Phi) is 17.0. The third-order valence-corrected chi connectivity index (χ3v) is 24.7. The zero-order valence-electron chi connectivity index (χ0n) is 38.8. The molecule has 4 N–H and O–H groups in total. The van der Waals surface area contributed by atoms with Crippen LogP contribution >= 0.6 is 14.5 Å². The van der Waals surface area contributed by atoms with Gasteiger partial charge in [-0.1, -0.05) is 69.2 Å². The van der Waals surface area contributed by atoms with E-state index in [1.54, 1.807) is 19.9 Å². The van der Waals surface area contributed by atoms with Gasteiger partial charge in [0.1, 0.15) is 30.7 Å². The minimum Gasteiger partial charge on any atom is -0.474 e. The molecule has 3 aliphatic rings. The Morgan fingerprint density at radius 2 is 1.76 bits per heavy atom. The van der Waals surface area contributed by atoms with Gasteiger partial charge in [-0.25, -0.2) is 19.5 Å². The topological polar surface area (TPSA) is 283 Å². The van der Waals surface area contributed by atoms with E-state index < -0.39 is 98.3 Å². The summed E-state index contributed by atoms with van der Waals surface area (Å²) in [6.07, 6.45) is -2.38. The lowest BCUT2D eigenvalue weighted by molar-refractivity contribution is -0.118. The molecule has 2 aliphatic heterocycles. The van der Waals surface area contributed by atoms with Crippen LogP contribution < -0.4 is 15.6 Å². The molecule has 3 aromatic rings. The summed E-state index contributed by atoms with van der Waals surface area (Å²) < 4.78 is 75.0. The molecule has 366 valence electrons. The zero-order chi connectivity index (χ0) is 48.4. The van der Waals surface area contributed by atoms with Gasteiger partial charge < -0.3 is 36.8 Å². The number of carbonyl (C=O) groups excluding carboxylic acids is 1. The number of imidazole rings is 1. The SMILES string of the molecule is CC(C)C(=O)Nc1nc2c(ncn2[C@@H]2O[C@@H]3COP(O)(=S)O[C@H]4C[C@H](Oc5ccncn5)C[C@@H]4COP(=O)(OCCC#N)O[C@@H]2[C@@H]3O[Si](O[Si](O)(C(C)C)C(C)C)(C(C)C)C(C)C)c(=O)[nH]1. The van der Waals surface area contributed by atoms with Gasteiger partial charge in [-0.15, -0.1) is 0 Å². The van der Waals surface area contributed by atoms with Gasteiger partial charge in [0.25, 0.3) is 5.56 Å². The number of ether oxygens (including phenoxy) is 2. The van der Waals surface area contributed by atoms with E-state index in [0.717, 1.165) is 0 Å². The molecule has 1 aliphatic carbocycles. The number of aromatic nitrogens is 6. The number of rotatable bonds is 16. The largest absolute Gasteiger partial charge is 0.475 e. The molecule has 5 heterocycles. The van der Waals surface area contributed by atoms with Crippen LogP contribution in [0.3, 0.4) is 0 Å².